The highest BCUT2D eigenvalue weighted by atomic mass is 16.5. The number of rotatable bonds is 3. The second-order valence-electron chi connectivity index (χ2n) is 4.10. The molecule has 19 heavy (non-hydrogen) atoms. The lowest BCUT2D eigenvalue weighted by Crippen LogP contribution is -1.91. The first-order valence-electron chi connectivity index (χ1n) is 5.99. The highest BCUT2D eigenvalue weighted by Gasteiger charge is 2.10. The van der Waals surface area contributed by atoms with Gasteiger partial charge < -0.3 is 15.0 Å². The molecule has 3 aromatic rings. The SMILES string of the molecule is CNc1ccc2[nH]c(-c3ccccc3OC)nc2n1. The van der Waals surface area contributed by atoms with Crippen LogP contribution in [0.5, 0.6) is 5.75 Å². The van der Waals surface area contributed by atoms with Gasteiger partial charge in [-0.2, -0.15) is 0 Å². The summed E-state index contributed by atoms with van der Waals surface area (Å²) >= 11 is 0. The molecule has 0 radical (unpaired) electrons. The minimum absolute atomic E-state index is 0.688. The van der Waals surface area contributed by atoms with Crippen molar-refractivity contribution in [2.75, 3.05) is 19.5 Å². The normalized spacial score (nSPS) is 10.6. The fourth-order valence-electron chi connectivity index (χ4n) is 2.00. The molecule has 0 fully saturated rings. The number of aromatic nitrogens is 3. The number of imidazole rings is 1. The smallest absolute Gasteiger partial charge is 0.180 e. The molecule has 0 saturated carbocycles. The molecule has 2 heterocycles. The molecule has 0 saturated heterocycles. The van der Waals surface area contributed by atoms with Gasteiger partial charge >= 0.3 is 0 Å². The van der Waals surface area contributed by atoms with Gasteiger partial charge in [-0.05, 0) is 24.3 Å². The third-order valence-corrected chi connectivity index (χ3v) is 2.96. The van der Waals surface area contributed by atoms with Gasteiger partial charge in [0, 0.05) is 7.05 Å². The number of methoxy groups -OCH3 is 1. The molecular weight excluding hydrogens is 240 g/mol. The average molecular weight is 254 g/mol. The van der Waals surface area contributed by atoms with Crippen LogP contribution in [-0.4, -0.2) is 29.1 Å². The van der Waals surface area contributed by atoms with Crippen molar-refractivity contribution in [3.05, 3.63) is 36.4 Å². The summed E-state index contributed by atoms with van der Waals surface area (Å²) in [6.07, 6.45) is 0. The van der Waals surface area contributed by atoms with Crippen molar-refractivity contribution in [1.29, 1.82) is 0 Å². The van der Waals surface area contributed by atoms with E-state index in [1.165, 1.54) is 0 Å². The van der Waals surface area contributed by atoms with E-state index in [2.05, 4.69) is 20.3 Å². The molecular formula is C14H14N4O. The van der Waals surface area contributed by atoms with Gasteiger partial charge in [0.1, 0.15) is 17.4 Å². The zero-order valence-corrected chi connectivity index (χ0v) is 10.8. The van der Waals surface area contributed by atoms with Crippen LogP contribution in [0.4, 0.5) is 5.82 Å². The first-order chi connectivity index (χ1) is 9.31. The van der Waals surface area contributed by atoms with E-state index >= 15 is 0 Å². The Morgan fingerprint density at radius 2 is 1.95 bits per heavy atom. The summed E-state index contributed by atoms with van der Waals surface area (Å²) < 4.78 is 5.35. The molecule has 5 heteroatoms. The monoisotopic (exact) mass is 254 g/mol. The molecule has 0 atom stereocenters. The zero-order chi connectivity index (χ0) is 13.2. The summed E-state index contributed by atoms with van der Waals surface area (Å²) in [7, 11) is 3.49. The van der Waals surface area contributed by atoms with Gasteiger partial charge in [-0.1, -0.05) is 12.1 Å². The Kier molecular flexibility index (Phi) is 2.79. The van der Waals surface area contributed by atoms with Crippen molar-refractivity contribution in [3.63, 3.8) is 0 Å². The van der Waals surface area contributed by atoms with Crippen LogP contribution in [0.15, 0.2) is 36.4 Å². The molecule has 0 aliphatic carbocycles. The van der Waals surface area contributed by atoms with E-state index < -0.39 is 0 Å². The van der Waals surface area contributed by atoms with Gasteiger partial charge in [-0.15, -0.1) is 0 Å². The lowest BCUT2D eigenvalue weighted by Gasteiger charge is -2.04. The lowest BCUT2D eigenvalue weighted by molar-refractivity contribution is 0.416. The molecule has 96 valence electrons. The van der Waals surface area contributed by atoms with Crippen LogP contribution in [0.1, 0.15) is 0 Å². The number of hydrogen-bond acceptors (Lipinski definition) is 4. The van der Waals surface area contributed by atoms with Crippen molar-refractivity contribution in [1.82, 2.24) is 15.0 Å². The third-order valence-electron chi connectivity index (χ3n) is 2.96. The number of ether oxygens (including phenoxy) is 1. The van der Waals surface area contributed by atoms with Crippen LogP contribution in [0.2, 0.25) is 0 Å². The predicted molar refractivity (Wildman–Crippen MR) is 75.4 cm³/mol. The largest absolute Gasteiger partial charge is 0.496 e. The Morgan fingerprint density at radius 1 is 1.11 bits per heavy atom. The number of nitrogens with one attached hydrogen (secondary N) is 2. The van der Waals surface area contributed by atoms with Gasteiger partial charge in [-0.25, -0.2) is 9.97 Å². The van der Waals surface area contributed by atoms with Crippen molar-refractivity contribution in [2.24, 2.45) is 0 Å². The molecule has 0 aliphatic rings. The summed E-state index contributed by atoms with van der Waals surface area (Å²) in [6.45, 7) is 0. The molecule has 3 rings (SSSR count). The summed E-state index contributed by atoms with van der Waals surface area (Å²) in [4.78, 5) is 12.2. The molecule has 0 unspecified atom stereocenters. The van der Waals surface area contributed by atoms with E-state index in [9.17, 15) is 0 Å². The average Bonchev–Trinajstić information content (AvgIpc) is 2.89. The Bertz CT molecular complexity index is 720. The Hall–Kier alpha value is -2.56. The standard InChI is InChI=1S/C14H14N4O/c1-15-12-8-7-10-14(17-12)18-13(16-10)9-5-3-4-6-11(9)19-2/h3-8H,1-2H3,(H2,15,16,17,18). The van der Waals surface area contributed by atoms with E-state index in [1.807, 2.05) is 43.4 Å². The molecule has 2 N–H and O–H groups in total. The number of hydrogen-bond donors (Lipinski definition) is 2. The van der Waals surface area contributed by atoms with E-state index in [4.69, 9.17) is 4.74 Å². The van der Waals surface area contributed by atoms with E-state index in [-0.39, 0.29) is 0 Å². The number of para-hydroxylation sites is 1. The van der Waals surface area contributed by atoms with Crippen molar-refractivity contribution < 1.29 is 4.74 Å². The quantitative estimate of drug-likeness (QED) is 0.754. The first kappa shape index (κ1) is 11.5. The van der Waals surface area contributed by atoms with E-state index in [0.29, 0.717) is 5.65 Å². The molecule has 2 aromatic heterocycles. The fraction of sp³-hybridized carbons (Fsp3) is 0.143. The van der Waals surface area contributed by atoms with Gasteiger partial charge in [-0.3, -0.25) is 0 Å². The maximum atomic E-state index is 5.35. The van der Waals surface area contributed by atoms with Gasteiger partial charge in [0.2, 0.25) is 0 Å². The zero-order valence-electron chi connectivity index (χ0n) is 10.8. The van der Waals surface area contributed by atoms with Crippen LogP contribution in [-0.2, 0) is 0 Å². The maximum Gasteiger partial charge on any atom is 0.180 e. The summed E-state index contributed by atoms with van der Waals surface area (Å²) in [6, 6.07) is 11.6. The predicted octanol–water partition coefficient (Wildman–Crippen LogP) is 2.68. The highest BCUT2D eigenvalue weighted by molar-refractivity contribution is 5.79. The highest BCUT2D eigenvalue weighted by Crippen LogP contribution is 2.28. The molecule has 0 bridgehead atoms. The van der Waals surface area contributed by atoms with Crippen molar-refractivity contribution in [2.45, 2.75) is 0 Å². The van der Waals surface area contributed by atoms with E-state index in [0.717, 1.165) is 28.5 Å². The van der Waals surface area contributed by atoms with Crippen molar-refractivity contribution >= 4 is 17.0 Å². The molecule has 0 aliphatic heterocycles. The Labute approximate surface area is 110 Å². The number of aromatic amines is 1. The van der Waals surface area contributed by atoms with E-state index in [1.54, 1.807) is 7.11 Å². The van der Waals surface area contributed by atoms with Crippen LogP contribution in [0.3, 0.4) is 0 Å². The summed E-state index contributed by atoms with van der Waals surface area (Å²) in [5, 5.41) is 3.00. The fourth-order valence-corrected chi connectivity index (χ4v) is 2.00. The molecule has 0 amide bonds. The van der Waals surface area contributed by atoms with Gasteiger partial charge in [0.15, 0.2) is 5.65 Å². The van der Waals surface area contributed by atoms with Crippen LogP contribution < -0.4 is 10.1 Å². The van der Waals surface area contributed by atoms with Gasteiger partial charge in [0.25, 0.3) is 0 Å². The molecule has 5 nitrogen and oxygen atoms in total. The number of fused-ring (bicyclic) bond motifs is 1. The van der Waals surface area contributed by atoms with Crippen LogP contribution >= 0.6 is 0 Å². The van der Waals surface area contributed by atoms with Crippen LogP contribution in [0.25, 0.3) is 22.6 Å². The molecule has 1 aromatic carbocycles. The lowest BCUT2D eigenvalue weighted by atomic mass is 10.2. The van der Waals surface area contributed by atoms with Gasteiger partial charge in [0.05, 0.1) is 18.2 Å². The van der Waals surface area contributed by atoms with Crippen molar-refractivity contribution in [3.8, 4) is 17.1 Å². The minimum atomic E-state index is 0.688. The topological polar surface area (TPSA) is 62.8 Å². The third kappa shape index (κ3) is 1.99. The Balaban J connectivity index is 2.15. The number of pyridine rings is 1. The minimum Gasteiger partial charge on any atom is -0.496 e. The second-order valence-corrected chi connectivity index (χ2v) is 4.10. The summed E-state index contributed by atoms with van der Waals surface area (Å²) in [5.74, 6) is 2.34. The Morgan fingerprint density at radius 3 is 2.74 bits per heavy atom. The second kappa shape index (κ2) is 4.61. The molecule has 0 spiro atoms. The number of nitrogens with zero attached hydrogens (tertiary/aromatic N) is 2. The maximum absolute atomic E-state index is 5.35. The first-order valence-corrected chi connectivity index (χ1v) is 5.99. The number of H-pyrrole nitrogens is 1. The number of anilines is 1. The number of benzene rings is 1. The summed E-state index contributed by atoms with van der Waals surface area (Å²) in [5.41, 5.74) is 2.52. The van der Waals surface area contributed by atoms with Crippen LogP contribution in [0, 0.1) is 0 Å².